The molecule has 0 saturated carbocycles. The monoisotopic (exact) mass is 281 g/mol. The van der Waals surface area contributed by atoms with Gasteiger partial charge in [0.05, 0.1) is 6.54 Å². The van der Waals surface area contributed by atoms with Crippen LogP contribution in [-0.4, -0.2) is 43.5 Å². The third-order valence-electron chi connectivity index (χ3n) is 3.25. The topological polar surface area (TPSA) is 49.6 Å². The van der Waals surface area contributed by atoms with Crippen LogP contribution in [0.1, 0.15) is 20.3 Å². The number of anilines is 1. The molecule has 0 fully saturated rings. The number of nitrogens with two attached hydrogens (primary N) is 1. The van der Waals surface area contributed by atoms with Crippen LogP contribution in [-0.2, 0) is 4.79 Å². The van der Waals surface area contributed by atoms with E-state index in [4.69, 9.17) is 5.73 Å². The fourth-order valence-electron chi connectivity index (χ4n) is 2.09. The first-order valence-electron chi connectivity index (χ1n) is 7.10. The SMILES string of the molecule is CCN(CC)C(=O)CN(CCCN)c1cccc(F)c1. The van der Waals surface area contributed by atoms with Crippen molar-refractivity contribution in [2.75, 3.05) is 37.6 Å². The molecule has 20 heavy (non-hydrogen) atoms. The van der Waals surface area contributed by atoms with Crippen LogP contribution in [0, 0.1) is 5.82 Å². The molecule has 0 aliphatic rings. The summed E-state index contributed by atoms with van der Waals surface area (Å²) in [5.74, 6) is -0.244. The molecule has 0 unspecified atom stereocenters. The van der Waals surface area contributed by atoms with Crippen molar-refractivity contribution in [2.24, 2.45) is 5.73 Å². The molecule has 0 heterocycles. The molecule has 0 aliphatic carbocycles. The van der Waals surface area contributed by atoms with Crippen LogP contribution in [0.15, 0.2) is 24.3 Å². The summed E-state index contributed by atoms with van der Waals surface area (Å²) in [5.41, 5.74) is 6.25. The van der Waals surface area contributed by atoms with E-state index in [2.05, 4.69) is 0 Å². The zero-order valence-electron chi connectivity index (χ0n) is 12.3. The van der Waals surface area contributed by atoms with Gasteiger partial charge in [-0.25, -0.2) is 4.39 Å². The molecule has 1 rings (SSSR count). The van der Waals surface area contributed by atoms with Crippen molar-refractivity contribution in [3.8, 4) is 0 Å². The normalized spacial score (nSPS) is 10.4. The van der Waals surface area contributed by atoms with Crippen LogP contribution in [0.4, 0.5) is 10.1 Å². The summed E-state index contributed by atoms with van der Waals surface area (Å²) in [7, 11) is 0. The van der Waals surface area contributed by atoms with Crippen LogP contribution < -0.4 is 10.6 Å². The zero-order chi connectivity index (χ0) is 15.0. The molecule has 0 aromatic heterocycles. The molecule has 0 aliphatic heterocycles. The molecule has 4 nitrogen and oxygen atoms in total. The maximum Gasteiger partial charge on any atom is 0.242 e. The van der Waals surface area contributed by atoms with Gasteiger partial charge in [0.25, 0.3) is 0 Å². The fourth-order valence-corrected chi connectivity index (χ4v) is 2.09. The summed E-state index contributed by atoms with van der Waals surface area (Å²) in [6.07, 6.45) is 0.766. The standard InChI is InChI=1S/C15H24FN3O/c1-3-18(4-2)15(20)12-19(10-6-9-17)14-8-5-7-13(16)11-14/h5,7-8,11H,3-4,6,9-10,12,17H2,1-2H3. The molecule has 0 radical (unpaired) electrons. The first-order chi connectivity index (χ1) is 9.62. The van der Waals surface area contributed by atoms with Crippen LogP contribution in [0.3, 0.4) is 0 Å². The number of halogens is 1. The Morgan fingerprint density at radius 2 is 2.00 bits per heavy atom. The van der Waals surface area contributed by atoms with Gasteiger partial charge in [-0.05, 0) is 45.0 Å². The van der Waals surface area contributed by atoms with Crippen LogP contribution in [0.2, 0.25) is 0 Å². The minimum atomic E-state index is -0.296. The summed E-state index contributed by atoms with van der Waals surface area (Å²) in [6, 6.07) is 6.32. The second-order valence-corrected chi connectivity index (χ2v) is 4.61. The average Bonchev–Trinajstić information content (AvgIpc) is 2.44. The van der Waals surface area contributed by atoms with Gasteiger partial charge in [0.15, 0.2) is 0 Å². The van der Waals surface area contributed by atoms with Gasteiger partial charge < -0.3 is 15.5 Å². The molecular weight excluding hydrogens is 257 g/mol. The van der Waals surface area contributed by atoms with Crippen LogP contribution >= 0.6 is 0 Å². The van der Waals surface area contributed by atoms with E-state index in [0.29, 0.717) is 26.2 Å². The summed E-state index contributed by atoms with van der Waals surface area (Å²) >= 11 is 0. The number of nitrogens with zero attached hydrogens (tertiary/aromatic N) is 2. The minimum Gasteiger partial charge on any atom is -0.362 e. The quantitative estimate of drug-likeness (QED) is 0.791. The molecule has 5 heteroatoms. The van der Waals surface area contributed by atoms with Crippen molar-refractivity contribution < 1.29 is 9.18 Å². The molecule has 0 spiro atoms. The number of hydrogen-bond acceptors (Lipinski definition) is 3. The van der Waals surface area contributed by atoms with Crippen molar-refractivity contribution in [1.82, 2.24) is 4.90 Å². The number of hydrogen-bond donors (Lipinski definition) is 1. The van der Waals surface area contributed by atoms with Gasteiger partial charge >= 0.3 is 0 Å². The second-order valence-electron chi connectivity index (χ2n) is 4.61. The third-order valence-corrected chi connectivity index (χ3v) is 3.25. The molecule has 2 N–H and O–H groups in total. The average molecular weight is 281 g/mol. The first-order valence-corrected chi connectivity index (χ1v) is 7.10. The van der Waals surface area contributed by atoms with Gasteiger partial charge in [-0.2, -0.15) is 0 Å². The highest BCUT2D eigenvalue weighted by molar-refractivity contribution is 5.81. The first kappa shape index (κ1) is 16.4. The lowest BCUT2D eigenvalue weighted by Crippen LogP contribution is -2.41. The van der Waals surface area contributed by atoms with Gasteiger partial charge in [0, 0.05) is 25.3 Å². The van der Waals surface area contributed by atoms with Crippen LogP contribution in [0.5, 0.6) is 0 Å². The van der Waals surface area contributed by atoms with Gasteiger partial charge in [0.1, 0.15) is 5.82 Å². The van der Waals surface area contributed by atoms with Gasteiger partial charge in [0.2, 0.25) is 5.91 Å². The molecule has 0 bridgehead atoms. The number of rotatable bonds is 8. The maximum absolute atomic E-state index is 13.3. The maximum atomic E-state index is 13.3. The molecule has 1 aromatic rings. The Labute approximate surface area is 120 Å². The summed E-state index contributed by atoms with van der Waals surface area (Å²) in [4.78, 5) is 15.9. The molecule has 1 aromatic carbocycles. The predicted molar refractivity (Wildman–Crippen MR) is 80.2 cm³/mol. The summed E-state index contributed by atoms with van der Waals surface area (Å²) in [6.45, 7) is 6.72. The molecular formula is C15H24FN3O. The highest BCUT2D eigenvalue weighted by Crippen LogP contribution is 2.16. The van der Waals surface area contributed by atoms with Crippen molar-refractivity contribution in [3.63, 3.8) is 0 Å². The van der Waals surface area contributed by atoms with E-state index in [-0.39, 0.29) is 18.3 Å². The summed E-state index contributed by atoms with van der Waals surface area (Å²) < 4.78 is 13.3. The van der Waals surface area contributed by atoms with E-state index in [9.17, 15) is 9.18 Å². The number of carbonyl (C=O) groups excluding carboxylic acids is 1. The van der Waals surface area contributed by atoms with E-state index >= 15 is 0 Å². The van der Waals surface area contributed by atoms with E-state index in [1.54, 1.807) is 11.0 Å². The van der Waals surface area contributed by atoms with Gasteiger partial charge in [-0.1, -0.05) is 6.07 Å². The highest BCUT2D eigenvalue weighted by Gasteiger charge is 2.15. The van der Waals surface area contributed by atoms with Gasteiger partial charge in [-0.3, -0.25) is 4.79 Å². The third kappa shape index (κ3) is 4.81. The lowest BCUT2D eigenvalue weighted by Gasteiger charge is -2.27. The Balaban J connectivity index is 2.81. The lowest BCUT2D eigenvalue weighted by molar-refractivity contribution is -0.129. The summed E-state index contributed by atoms with van der Waals surface area (Å²) in [5, 5.41) is 0. The smallest absolute Gasteiger partial charge is 0.242 e. The Morgan fingerprint density at radius 1 is 1.30 bits per heavy atom. The predicted octanol–water partition coefficient (Wildman–Crippen LogP) is 1.85. The Morgan fingerprint density at radius 3 is 2.55 bits per heavy atom. The number of likely N-dealkylation sites (N-methyl/N-ethyl adjacent to an activating group) is 1. The van der Waals surface area contributed by atoms with Crippen molar-refractivity contribution in [2.45, 2.75) is 20.3 Å². The van der Waals surface area contributed by atoms with E-state index < -0.39 is 0 Å². The van der Waals surface area contributed by atoms with E-state index in [1.165, 1.54) is 12.1 Å². The van der Waals surface area contributed by atoms with Crippen LogP contribution in [0.25, 0.3) is 0 Å². The Bertz CT molecular complexity index is 421. The van der Waals surface area contributed by atoms with E-state index in [1.807, 2.05) is 24.8 Å². The lowest BCUT2D eigenvalue weighted by atomic mass is 10.2. The molecule has 0 saturated heterocycles. The number of carbonyl (C=O) groups is 1. The number of benzene rings is 1. The van der Waals surface area contributed by atoms with Crippen molar-refractivity contribution >= 4 is 11.6 Å². The zero-order valence-corrected chi connectivity index (χ0v) is 12.3. The molecule has 1 amide bonds. The molecule has 0 atom stereocenters. The Hall–Kier alpha value is -1.62. The number of amides is 1. The van der Waals surface area contributed by atoms with Crippen molar-refractivity contribution in [1.29, 1.82) is 0 Å². The second kappa shape index (κ2) is 8.53. The van der Waals surface area contributed by atoms with E-state index in [0.717, 1.165) is 12.1 Å². The minimum absolute atomic E-state index is 0.0521. The van der Waals surface area contributed by atoms with Gasteiger partial charge in [-0.15, -0.1) is 0 Å². The fraction of sp³-hybridized carbons (Fsp3) is 0.533. The molecule has 112 valence electrons. The highest BCUT2D eigenvalue weighted by atomic mass is 19.1. The Kier molecular flexibility index (Phi) is 7.01. The largest absolute Gasteiger partial charge is 0.362 e. The van der Waals surface area contributed by atoms with Crippen molar-refractivity contribution in [3.05, 3.63) is 30.1 Å².